The third-order valence-electron chi connectivity index (χ3n) is 5.71. The number of rotatable bonds is 5. The smallest absolute Gasteiger partial charge is 0.143 e. The highest BCUT2D eigenvalue weighted by molar-refractivity contribution is 6.36. The van der Waals surface area contributed by atoms with Gasteiger partial charge >= 0.3 is 0 Å². The van der Waals surface area contributed by atoms with Crippen molar-refractivity contribution in [1.29, 1.82) is 0 Å². The van der Waals surface area contributed by atoms with Gasteiger partial charge in [0.25, 0.3) is 0 Å². The Labute approximate surface area is 208 Å². The molecule has 4 aromatic carbocycles. The van der Waals surface area contributed by atoms with Crippen molar-refractivity contribution in [2.45, 2.75) is 12.5 Å². The number of phenols is 1. The molecule has 1 heterocycles. The van der Waals surface area contributed by atoms with Crippen molar-refractivity contribution in [3.05, 3.63) is 124 Å². The van der Waals surface area contributed by atoms with Gasteiger partial charge < -0.3 is 5.11 Å². The first-order valence-corrected chi connectivity index (χ1v) is 11.6. The fraction of sp³-hybridized carbons (Fsp3) is 0.0714. The van der Waals surface area contributed by atoms with E-state index in [1.807, 2.05) is 48.5 Å². The molecule has 168 valence electrons. The summed E-state index contributed by atoms with van der Waals surface area (Å²) in [6.07, 6.45) is 2.34. The zero-order valence-corrected chi connectivity index (χ0v) is 19.7. The van der Waals surface area contributed by atoms with E-state index in [1.165, 1.54) is 11.6 Å². The topological polar surface area (TPSA) is 48.2 Å². The quantitative estimate of drug-likeness (QED) is 0.293. The van der Waals surface area contributed by atoms with Crippen LogP contribution in [0.2, 0.25) is 10.0 Å². The molecule has 1 atom stereocenters. The van der Waals surface area contributed by atoms with Gasteiger partial charge in [0.15, 0.2) is 0 Å². The van der Waals surface area contributed by atoms with Crippen LogP contribution in [0.15, 0.2) is 107 Å². The van der Waals surface area contributed by atoms with Crippen molar-refractivity contribution in [3.63, 3.8) is 0 Å². The zero-order valence-electron chi connectivity index (χ0n) is 18.1. The minimum atomic E-state index is -0.0460. The van der Waals surface area contributed by atoms with Gasteiger partial charge in [-0.15, -0.1) is 0 Å². The van der Waals surface area contributed by atoms with Crippen molar-refractivity contribution in [1.82, 2.24) is 0 Å². The molecule has 34 heavy (non-hydrogen) atoms. The fourth-order valence-electron chi connectivity index (χ4n) is 4.03. The number of hydrogen-bond donors (Lipinski definition) is 1. The van der Waals surface area contributed by atoms with E-state index in [-0.39, 0.29) is 16.8 Å². The van der Waals surface area contributed by atoms with Crippen molar-refractivity contribution in [2.24, 2.45) is 10.1 Å². The van der Waals surface area contributed by atoms with E-state index in [0.717, 1.165) is 29.1 Å². The number of hydrazone groups is 1. The maximum absolute atomic E-state index is 10.2. The van der Waals surface area contributed by atoms with Crippen molar-refractivity contribution < 1.29 is 5.11 Å². The molecule has 0 fully saturated rings. The summed E-state index contributed by atoms with van der Waals surface area (Å²) >= 11 is 12.1. The number of hydrogen-bond acceptors (Lipinski definition) is 4. The molecule has 1 N–H and O–H groups in total. The molecule has 0 amide bonds. The number of anilines is 1. The largest absolute Gasteiger partial charge is 0.506 e. The number of halogens is 2. The van der Waals surface area contributed by atoms with Crippen LogP contribution in [-0.4, -0.2) is 17.0 Å². The van der Waals surface area contributed by atoms with Crippen molar-refractivity contribution >= 4 is 46.5 Å². The molecule has 6 heteroatoms. The molecule has 0 spiro atoms. The third-order valence-corrected chi connectivity index (χ3v) is 6.21. The SMILES string of the molecule is Oc1c(Cl)cc(Cl)cc1C=Nc1cccc(C2=NN(c3ccccc3)C(c3ccccc3)C2)c1. The lowest BCUT2D eigenvalue weighted by Gasteiger charge is -2.23. The van der Waals surface area contributed by atoms with Crippen LogP contribution in [0.4, 0.5) is 11.4 Å². The lowest BCUT2D eigenvalue weighted by molar-refractivity contribution is 0.475. The first kappa shape index (κ1) is 22.2. The van der Waals surface area contributed by atoms with Crippen LogP contribution in [-0.2, 0) is 0 Å². The first-order valence-electron chi connectivity index (χ1n) is 10.9. The number of benzene rings is 4. The van der Waals surface area contributed by atoms with E-state index < -0.39 is 0 Å². The number of aliphatic imine (C=N–C) groups is 1. The summed E-state index contributed by atoms with van der Waals surface area (Å²) < 4.78 is 0. The van der Waals surface area contributed by atoms with Crippen LogP contribution in [0.5, 0.6) is 5.75 Å². The molecule has 0 radical (unpaired) electrons. The number of phenolic OH excluding ortho intramolecular Hbond substituents is 1. The Balaban J connectivity index is 1.46. The van der Waals surface area contributed by atoms with Gasteiger partial charge in [-0.25, -0.2) is 0 Å². The second kappa shape index (κ2) is 9.72. The second-order valence-electron chi connectivity index (χ2n) is 7.99. The monoisotopic (exact) mass is 485 g/mol. The minimum Gasteiger partial charge on any atom is -0.506 e. The van der Waals surface area contributed by atoms with Gasteiger partial charge in [0, 0.05) is 23.2 Å². The van der Waals surface area contributed by atoms with Gasteiger partial charge in [0.2, 0.25) is 0 Å². The van der Waals surface area contributed by atoms with E-state index in [1.54, 1.807) is 12.3 Å². The van der Waals surface area contributed by atoms with Gasteiger partial charge in [0.1, 0.15) is 5.75 Å². The highest BCUT2D eigenvalue weighted by Gasteiger charge is 2.29. The van der Waals surface area contributed by atoms with Crippen molar-refractivity contribution in [3.8, 4) is 5.75 Å². The molecule has 0 aliphatic carbocycles. The summed E-state index contributed by atoms with van der Waals surface area (Å²) in [5.74, 6) is -0.0460. The van der Waals surface area contributed by atoms with E-state index in [9.17, 15) is 5.11 Å². The molecular formula is C28H21Cl2N3O. The normalized spacial score (nSPS) is 15.6. The van der Waals surface area contributed by atoms with Crippen LogP contribution in [0.1, 0.15) is 29.2 Å². The predicted octanol–water partition coefficient (Wildman–Crippen LogP) is 7.81. The van der Waals surface area contributed by atoms with Gasteiger partial charge in [0.05, 0.1) is 28.2 Å². The van der Waals surface area contributed by atoms with Crippen molar-refractivity contribution in [2.75, 3.05) is 5.01 Å². The van der Waals surface area contributed by atoms with E-state index in [2.05, 4.69) is 46.4 Å². The number of aromatic hydroxyl groups is 1. The maximum Gasteiger partial charge on any atom is 0.143 e. The molecule has 0 saturated carbocycles. The summed E-state index contributed by atoms with van der Waals surface area (Å²) in [6.45, 7) is 0. The lowest BCUT2D eigenvalue weighted by atomic mass is 9.98. The van der Waals surface area contributed by atoms with Crippen LogP contribution in [0.25, 0.3) is 0 Å². The predicted molar refractivity (Wildman–Crippen MR) is 141 cm³/mol. The highest BCUT2D eigenvalue weighted by Crippen LogP contribution is 2.37. The maximum atomic E-state index is 10.2. The Morgan fingerprint density at radius 1 is 0.882 bits per heavy atom. The Hall–Kier alpha value is -3.60. The van der Waals surface area contributed by atoms with Crippen LogP contribution < -0.4 is 5.01 Å². The molecule has 0 bridgehead atoms. The minimum absolute atomic E-state index is 0.0460. The van der Waals surface area contributed by atoms with E-state index in [4.69, 9.17) is 28.3 Å². The summed E-state index contributed by atoms with van der Waals surface area (Å²) in [6, 6.07) is 31.8. The Kier molecular flexibility index (Phi) is 6.35. The molecule has 5 rings (SSSR count). The van der Waals surface area contributed by atoms with E-state index in [0.29, 0.717) is 10.6 Å². The Morgan fingerprint density at radius 2 is 1.62 bits per heavy atom. The molecule has 1 aliphatic rings. The second-order valence-corrected chi connectivity index (χ2v) is 8.84. The zero-order chi connectivity index (χ0) is 23.5. The highest BCUT2D eigenvalue weighted by atomic mass is 35.5. The molecule has 4 aromatic rings. The average Bonchev–Trinajstić information content (AvgIpc) is 3.32. The van der Waals surface area contributed by atoms with Gasteiger partial charge in [-0.2, -0.15) is 5.10 Å². The third kappa shape index (κ3) is 4.69. The Morgan fingerprint density at radius 3 is 2.38 bits per heavy atom. The first-order chi connectivity index (χ1) is 16.6. The number of para-hydroxylation sites is 1. The van der Waals surface area contributed by atoms with Gasteiger partial charge in [-0.05, 0) is 47.5 Å². The molecule has 0 saturated heterocycles. The Bertz CT molecular complexity index is 1370. The van der Waals surface area contributed by atoms with E-state index >= 15 is 0 Å². The summed E-state index contributed by atoms with van der Waals surface area (Å²) in [5, 5.41) is 17.9. The van der Waals surface area contributed by atoms with Gasteiger partial charge in [-0.3, -0.25) is 10.0 Å². The fourth-order valence-corrected chi connectivity index (χ4v) is 4.54. The molecule has 1 aliphatic heterocycles. The average molecular weight is 486 g/mol. The van der Waals surface area contributed by atoms with Gasteiger partial charge in [-0.1, -0.05) is 83.9 Å². The lowest BCUT2D eigenvalue weighted by Crippen LogP contribution is -2.18. The number of nitrogens with zero attached hydrogens (tertiary/aromatic N) is 3. The molecule has 1 unspecified atom stereocenters. The molecule has 0 aromatic heterocycles. The summed E-state index contributed by atoms with van der Waals surface area (Å²) in [5.41, 5.74) is 5.46. The molecular weight excluding hydrogens is 465 g/mol. The van der Waals surface area contributed by atoms with Crippen LogP contribution in [0, 0.1) is 0 Å². The van der Waals surface area contributed by atoms with Crippen LogP contribution >= 0.6 is 23.2 Å². The molecule has 4 nitrogen and oxygen atoms in total. The summed E-state index contributed by atoms with van der Waals surface area (Å²) in [4.78, 5) is 4.54. The van der Waals surface area contributed by atoms with Crippen LogP contribution in [0.3, 0.4) is 0 Å². The standard InChI is InChI=1S/C28H21Cl2N3O/c29-22-14-21(28(34)25(30)16-22)18-31-23-11-7-10-20(15-23)26-17-27(19-8-3-1-4-9-19)33(32-26)24-12-5-2-6-13-24/h1-16,18,27,34H,17H2. The summed E-state index contributed by atoms with van der Waals surface area (Å²) in [7, 11) is 0.